The lowest BCUT2D eigenvalue weighted by Gasteiger charge is -1.92. The molecule has 0 aliphatic heterocycles. The average Bonchev–Trinajstić information content (AvgIpc) is 2.50. The summed E-state index contributed by atoms with van der Waals surface area (Å²) in [6, 6.07) is 2.94. The van der Waals surface area contributed by atoms with Gasteiger partial charge in [-0.15, -0.1) is 0 Å². The molecule has 0 atom stereocenters. The van der Waals surface area contributed by atoms with Crippen molar-refractivity contribution < 1.29 is 18.7 Å². The molecule has 1 rings (SSSR count). The summed E-state index contributed by atoms with van der Waals surface area (Å²) in [5.41, 5.74) is 0. The van der Waals surface area contributed by atoms with Crippen LogP contribution < -0.4 is 0 Å². The van der Waals surface area contributed by atoms with Crippen LogP contribution in [-0.4, -0.2) is 18.3 Å². The molecule has 1 aromatic heterocycles. The molecule has 0 saturated carbocycles. The van der Waals surface area contributed by atoms with Gasteiger partial charge in [-0.25, -0.2) is 4.79 Å². The summed E-state index contributed by atoms with van der Waals surface area (Å²) >= 11 is 5.12. The van der Waals surface area contributed by atoms with Crippen LogP contribution in [0.2, 0.25) is 0 Å². The lowest BCUT2D eigenvalue weighted by Crippen LogP contribution is -1.98. The monoisotopic (exact) mass is 202 g/mol. The molecule has 0 radical (unpaired) electrons. The fourth-order valence-corrected chi connectivity index (χ4v) is 0.952. The molecule has 0 aliphatic carbocycles. The zero-order chi connectivity index (χ0) is 9.84. The number of rotatable bonds is 3. The van der Waals surface area contributed by atoms with Gasteiger partial charge in [0.1, 0.15) is 5.76 Å². The second-order valence-corrected chi connectivity index (χ2v) is 2.71. The summed E-state index contributed by atoms with van der Waals surface area (Å²) in [6.07, 6.45) is -0.0292. The molecule has 0 amide bonds. The molecule has 70 valence electrons. The van der Waals surface area contributed by atoms with Gasteiger partial charge >= 0.3 is 5.97 Å². The fourth-order valence-electron chi connectivity index (χ4n) is 0.820. The van der Waals surface area contributed by atoms with Crippen LogP contribution in [0.15, 0.2) is 16.5 Å². The lowest BCUT2D eigenvalue weighted by atomic mass is 10.3. The van der Waals surface area contributed by atoms with Gasteiger partial charge in [-0.2, -0.15) is 0 Å². The van der Waals surface area contributed by atoms with Crippen molar-refractivity contribution >= 4 is 22.8 Å². The number of hydrogen-bond acceptors (Lipinski definition) is 4. The smallest absolute Gasteiger partial charge is 0.373 e. The van der Waals surface area contributed by atoms with Crippen molar-refractivity contribution in [1.29, 1.82) is 0 Å². The minimum Gasteiger partial charge on any atom is -0.463 e. The van der Waals surface area contributed by atoms with Crippen LogP contribution in [0.3, 0.4) is 0 Å². The van der Waals surface area contributed by atoms with Crippen molar-refractivity contribution in [2.45, 2.75) is 6.42 Å². The summed E-state index contributed by atoms with van der Waals surface area (Å²) in [4.78, 5) is 21.3. The largest absolute Gasteiger partial charge is 0.463 e. The fraction of sp³-hybridized carbons (Fsp3) is 0.250. The van der Waals surface area contributed by atoms with E-state index in [0.29, 0.717) is 5.76 Å². The van der Waals surface area contributed by atoms with E-state index in [9.17, 15) is 9.59 Å². The Labute approximate surface area is 79.4 Å². The normalized spacial score (nSPS) is 9.69. The second-order valence-electron chi connectivity index (χ2n) is 2.29. The Balaban J connectivity index is 2.74. The molecular weight excluding hydrogens is 196 g/mol. The third-order valence-electron chi connectivity index (χ3n) is 1.36. The van der Waals surface area contributed by atoms with Crippen molar-refractivity contribution in [3.05, 3.63) is 23.7 Å². The Morgan fingerprint density at radius 2 is 2.23 bits per heavy atom. The first kappa shape index (κ1) is 9.80. The van der Waals surface area contributed by atoms with Gasteiger partial charge < -0.3 is 9.15 Å². The zero-order valence-corrected chi connectivity index (χ0v) is 7.63. The summed E-state index contributed by atoms with van der Waals surface area (Å²) < 4.78 is 9.37. The van der Waals surface area contributed by atoms with Crippen LogP contribution in [0.4, 0.5) is 0 Å². The quantitative estimate of drug-likeness (QED) is 0.549. The predicted molar refractivity (Wildman–Crippen MR) is 44.6 cm³/mol. The number of esters is 1. The van der Waals surface area contributed by atoms with Gasteiger partial charge in [0.25, 0.3) is 0 Å². The van der Waals surface area contributed by atoms with Crippen molar-refractivity contribution in [2.75, 3.05) is 7.11 Å². The van der Waals surface area contributed by atoms with E-state index >= 15 is 0 Å². The van der Waals surface area contributed by atoms with Crippen molar-refractivity contribution in [3.63, 3.8) is 0 Å². The van der Waals surface area contributed by atoms with Gasteiger partial charge in [-0.05, 0) is 23.7 Å². The molecule has 0 unspecified atom stereocenters. The highest BCUT2D eigenvalue weighted by Gasteiger charge is 2.12. The maximum atomic E-state index is 10.9. The summed E-state index contributed by atoms with van der Waals surface area (Å²) in [5.74, 6) is -0.163. The van der Waals surface area contributed by atoms with Crippen LogP contribution in [0.5, 0.6) is 0 Å². The third kappa shape index (κ3) is 2.59. The van der Waals surface area contributed by atoms with Gasteiger partial charge in [0.2, 0.25) is 11.0 Å². The van der Waals surface area contributed by atoms with E-state index in [2.05, 4.69) is 4.74 Å². The number of carbonyl (C=O) groups is 2. The first-order chi connectivity index (χ1) is 6.13. The maximum Gasteiger partial charge on any atom is 0.373 e. The summed E-state index contributed by atoms with van der Waals surface area (Å²) in [6.45, 7) is 0. The molecule has 0 fully saturated rings. The molecule has 1 aromatic rings. The van der Waals surface area contributed by atoms with Gasteiger partial charge in [0, 0.05) is 0 Å². The van der Waals surface area contributed by atoms with E-state index in [4.69, 9.17) is 16.0 Å². The molecule has 0 aliphatic rings. The Morgan fingerprint density at radius 3 is 2.77 bits per heavy atom. The number of ether oxygens (including phenoxy) is 1. The molecule has 0 aromatic carbocycles. The Hall–Kier alpha value is -1.29. The average molecular weight is 203 g/mol. The molecule has 4 nitrogen and oxygen atoms in total. The van der Waals surface area contributed by atoms with Crippen LogP contribution in [0.25, 0.3) is 0 Å². The minimum absolute atomic E-state index is 0.0292. The zero-order valence-electron chi connectivity index (χ0n) is 6.87. The maximum absolute atomic E-state index is 10.9. The first-order valence-corrected chi connectivity index (χ1v) is 3.86. The van der Waals surface area contributed by atoms with E-state index in [-0.39, 0.29) is 12.2 Å². The summed E-state index contributed by atoms with van der Waals surface area (Å²) in [5, 5.41) is -0.536. The first-order valence-electron chi connectivity index (χ1n) is 3.49. The van der Waals surface area contributed by atoms with Gasteiger partial charge in [0.05, 0.1) is 13.5 Å². The topological polar surface area (TPSA) is 56.5 Å². The van der Waals surface area contributed by atoms with Crippen molar-refractivity contribution in [3.8, 4) is 0 Å². The van der Waals surface area contributed by atoms with Crippen molar-refractivity contribution in [2.24, 2.45) is 0 Å². The lowest BCUT2D eigenvalue weighted by molar-refractivity contribution is -0.111. The van der Waals surface area contributed by atoms with E-state index in [0.717, 1.165) is 0 Å². The van der Waals surface area contributed by atoms with E-state index in [1.54, 1.807) is 0 Å². The number of halogens is 1. The molecule has 0 bridgehead atoms. The summed E-state index contributed by atoms with van der Waals surface area (Å²) in [7, 11) is 1.25. The SMILES string of the molecule is COC(=O)c1ccc(CC(=O)Cl)o1. The number of hydrogen-bond donors (Lipinski definition) is 0. The van der Waals surface area contributed by atoms with Crippen LogP contribution in [-0.2, 0) is 16.0 Å². The second kappa shape index (κ2) is 4.09. The van der Waals surface area contributed by atoms with Crippen molar-refractivity contribution in [1.82, 2.24) is 0 Å². The highest BCUT2D eigenvalue weighted by molar-refractivity contribution is 6.63. The van der Waals surface area contributed by atoms with E-state index < -0.39 is 11.2 Å². The molecule has 0 N–H and O–H groups in total. The highest BCUT2D eigenvalue weighted by Crippen LogP contribution is 2.10. The molecular formula is C8H7ClO4. The minimum atomic E-state index is -0.576. The third-order valence-corrected chi connectivity index (χ3v) is 1.50. The molecule has 13 heavy (non-hydrogen) atoms. The van der Waals surface area contributed by atoms with E-state index in [1.807, 2.05) is 0 Å². The Bertz CT molecular complexity index is 329. The number of methoxy groups -OCH3 is 1. The van der Waals surface area contributed by atoms with E-state index in [1.165, 1.54) is 19.2 Å². The number of furan rings is 1. The number of carbonyl (C=O) groups excluding carboxylic acids is 2. The predicted octanol–water partition coefficient (Wildman–Crippen LogP) is 1.37. The van der Waals surface area contributed by atoms with Gasteiger partial charge in [-0.1, -0.05) is 0 Å². The Kier molecular flexibility index (Phi) is 3.08. The molecule has 0 spiro atoms. The van der Waals surface area contributed by atoms with Gasteiger partial charge in [0.15, 0.2) is 0 Å². The van der Waals surface area contributed by atoms with Crippen LogP contribution in [0, 0.1) is 0 Å². The molecule has 0 saturated heterocycles. The highest BCUT2D eigenvalue weighted by atomic mass is 35.5. The van der Waals surface area contributed by atoms with Crippen LogP contribution in [0.1, 0.15) is 16.3 Å². The molecule has 5 heteroatoms. The van der Waals surface area contributed by atoms with Crippen LogP contribution >= 0.6 is 11.6 Å². The van der Waals surface area contributed by atoms with Gasteiger partial charge in [-0.3, -0.25) is 4.79 Å². The molecule has 1 heterocycles. The Morgan fingerprint density at radius 1 is 1.54 bits per heavy atom. The standard InChI is InChI=1S/C8H7ClO4/c1-12-8(11)6-3-2-5(13-6)4-7(9)10/h2-3H,4H2,1H3.